The molecule has 0 bridgehead atoms. The molecule has 0 aliphatic carbocycles. The van der Waals surface area contributed by atoms with E-state index in [9.17, 15) is 4.79 Å². The molecule has 1 nitrogen and oxygen atoms in total. The smallest absolute Gasteiger partial charge is 0.134 e. The zero-order valence-corrected chi connectivity index (χ0v) is 9.21. The summed E-state index contributed by atoms with van der Waals surface area (Å²) < 4.78 is 0. The van der Waals surface area contributed by atoms with Gasteiger partial charge in [0.25, 0.3) is 0 Å². The summed E-state index contributed by atoms with van der Waals surface area (Å²) in [5.41, 5.74) is 2.47. The van der Waals surface area contributed by atoms with Crippen LogP contribution in [0.3, 0.4) is 0 Å². The van der Waals surface area contributed by atoms with Crippen LogP contribution in [0.4, 0.5) is 0 Å². The van der Waals surface area contributed by atoms with Crippen LogP contribution in [0.2, 0.25) is 0 Å². The SMILES string of the molecule is CCC(C)c1cccc(CC(C)=O)c1. The van der Waals surface area contributed by atoms with Gasteiger partial charge >= 0.3 is 0 Å². The maximum absolute atomic E-state index is 11.0. The van der Waals surface area contributed by atoms with Crippen molar-refractivity contribution in [1.29, 1.82) is 0 Å². The van der Waals surface area contributed by atoms with Gasteiger partial charge in [-0.25, -0.2) is 0 Å². The lowest BCUT2D eigenvalue weighted by molar-refractivity contribution is -0.116. The molecule has 1 rings (SSSR count). The van der Waals surface area contributed by atoms with Crippen molar-refractivity contribution < 1.29 is 4.79 Å². The molecule has 0 amide bonds. The Morgan fingerprint density at radius 1 is 1.43 bits per heavy atom. The van der Waals surface area contributed by atoms with Crippen molar-refractivity contribution in [3.05, 3.63) is 35.4 Å². The van der Waals surface area contributed by atoms with E-state index >= 15 is 0 Å². The molecule has 0 fully saturated rings. The second-order valence-corrected chi connectivity index (χ2v) is 3.93. The largest absolute Gasteiger partial charge is 0.300 e. The van der Waals surface area contributed by atoms with Crippen LogP contribution in [-0.4, -0.2) is 5.78 Å². The highest BCUT2D eigenvalue weighted by Gasteiger charge is 2.04. The van der Waals surface area contributed by atoms with Crippen LogP contribution in [0.5, 0.6) is 0 Å². The molecule has 0 saturated heterocycles. The average Bonchev–Trinajstić information content (AvgIpc) is 2.16. The first kappa shape index (κ1) is 11.0. The topological polar surface area (TPSA) is 17.1 Å². The molecule has 1 heteroatoms. The fraction of sp³-hybridized carbons (Fsp3) is 0.462. The number of Topliss-reactive ketones (excluding diaryl/α,β-unsaturated/α-hetero) is 1. The predicted octanol–water partition coefficient (Wildman–Crippen LogP) is 3.33. The van der Waals surface area contributed by atoms with E-state index in [0.29, 0.717) is 12.3 Å². The zero-order valence-electron chi connectivity index (χ0n) is 9.21. The summed E-state index contributed by atoms with van der Waals surface area (Å²) in [5.74, 6) is 0.813. The highest BCUT2D eigenvalue weighted by molar-refractivity contribution is 5.78. The zero-order chi connectivity index (χ0) is 10.6. The van der Waals surface area contributed by atoms with Crippen LogP contribution >= 0.6 is 0 Å². The highest BCUT2D eigenvalue weighted by Crippen LogP contribution is 2.19. The fourth-order valence-electron chi connectivity index (χ4n) is 1.53. The van der Waals surface area contributed by atoms with Gasteiger partial charge in [0.05, 0.1) is 0 Å². The molecular weight excluding hydrogens is 172 g/mol. The third kappa shape index (κ3) is 2.99. The van der Waals surface area contributed by atoms with Crippen molar-refractivity contribution >= 4 is 5.78 Å². The fourth-order valence-corrected chi connectivity index (χ4v) is 1.53. The molecule has 0 spiro atoms. The minimum absolute atomic E-state index is 0.228. The molecule has 1 unspecified atom stereocenters. The number of hydrogen-bond acceptors (Lipinski definition) is 1. The number of rotatable bonds is 4. The number of hydrogen-bond donors (Lipinski definition) is 0. The number of ketones is 1. The Morgan fingerprint density at radius 3 is 2.71 bits per heavy atom. The van der Waals surface area contributed by atoms with Crippen LogP contribution in [0, 0.1) is 0 Å². The summed E-state index contributed by atoms with van der Waals surface area (Å²) in [6.07, 6.45) is 1.70. The maximum Gasteiger partial charge on any atom is 0.134 e. The lowest BCUT2D eigenvalue weighted by Crippen LogP contribution is -1.98. The van der Waals surface area contributed by atoms with Crippen LogP contribution < -0.4 is 0 Å². The molecule has 0 saturated carbocycles. The first-order chi connectivity index (χ1) is 6.63. The van der Waals surface area contributed by atoms with E-state index in [1.54, 1.807) is 6.92 Å². The summed E-state index contributed by atoms with van der Waals surface area (Å²) in [6, 6.07) is 8.35. The van der Waals surface area contributed by atoms with E-state index in [2.05, 4.69) is 26.0 Å². The number of carbonyl (C=O) groups is 1. The molecule has 0 aliphatic rings. The minimum atomic E-state index is 0.228. The normalized spacial score (nSPS) is 12.5. The quantitative estimate of drug-likeness (QED) is 0.711. The maximum atomic E-state index is 11.0. The summed E-state index contributed by atoms with van der Waals surface area (Å²) in [5, 5.41) is 0. The van der Waals surface area contributed by atoms with Crippen molar-refractivity contribution in [2.45, 2.75) is 39.5 Å². The number of carbonyl (C=O) groups excluding carboxylic acids is 1. The molecule has 1 aromatic rings. The van der Waals surface area contributed by atoms with E-state index in [4.69, 9.17) is 0 Å². The molecule has 1 aromatic carbocycles. The Morgan fingerprint density at radius 2 is 2.14 bits per heavy atom. The molecule has 0 aliphatic heterocycles. The molecule has 0 aromatic heterocycles. The summed E-state index contributed by atoms with van der Waals surface area (Å²) in [7, 11) is 0. The van der Waals surface area contributed by atoms with Gasteiger partial charge in [-0.3, -0.25) is 4.79 Å². The van der Waals surface area contributed by atoms with E-state index in [1.807, 2.05) is 12.1 Å². The Kier molecular flexibility index (Phi) is 3.87. The van der Waals surface area contributed by atoms with Gasteiger partial charge in [-0.05, 0) is 30.4 Å². The Hall–Kier alpha value is -1.11. The third-order valence-corrected chi connectivity index (χ3v) is 2.59. The van der Waals surface area contributed by atoms with Crippen LogP contribution in [-0.2, 0) is 11.2 Å². The highest BCUT2D eigenvalue weighted by atomic mass is 16.1. The molecule has 14 heavy (non-hydrogen) atoms. The van der Waals surface area contributed by atoms with Gasteiger partial charge in [0.2, 0.25) is 0 Å². The molecule has 0 N–H and O–H groups in total. The Labute approximate surface area is 86.1 Å². The van der Waals surface area contributed by atoms with E-state index < -0.39 is 0 Å². The average molecular weight is 190 g/mol. The van der Waals surface area contributed by atoms with Gasteiger partial charge in [0.15, 0.2) is 0 Å². The van der Waals surface area contributed by atoms with Crippen molar-refractivity contribution in [1.82, 2.24) is 0 Å². The first-order valence-corrected chi connectivity index (χ1v) is 5.21. The van der Waals surface area contributed by atoms with Crippen LogP contribution in [0.25, 0.3) is 0 Å². The summed E-state index contributed by atoms with van der Waals surface area (Å²) >= 11 is 0. The summed E-state index contributed by atoms with van der Waals surface area (Å²) in [6.45, 7) is 6.03. The molecule has 0 radical (unpaired) electrons. The molecule has 0 heterocycles. The van der Waals surface area contributed by atoms with Crippen molar-refractivity contribution in [2.75, 3.05) is 0 Å². The van der Waals surface area contributed by atoms with Crippen LogP contribution in [0.1, 0.15) is 44.2 Å². The predicted molar refractivity (Wildman–Crippen MR) is 59.5 cm³/mol. The first-order valence-electron chi connectivity index (χ1n) is 5.21. The second kappa shape index (κ2) is 4.94. The third-order valence-electron chi connectivity index (χ3n) is 2.59. The monoisotopic (exact) mass is 190 g/mol. The Bertz CT molecular complexity index is 315. The Balaban J connectivity index is 2.83. The van der Waals surface area contributed by atoms with Gasteiger partial charge in [-0.2, -0.15) is 0 Å². The van der Waals surface area contributed by atoms with E-state index in [1.165, 1.54) is 5.56 Å². The van der Waals surface area contributed by atoms with Crippen molar-refractivity contribution in [3.63, 3.8) is 0 Å². The van der Waals surface area contributed by atoms with Crippen molar-refractivity contribution in [2.24, 2.45) is 0 Å². The van der Waals surface area contributed by atoms with Gasteiger partial charge < -0.3 is 0 Å². The molecular formula is C13H18O. The van der Waals surface area contributed by atoms with Gasteiger partial charge in [0.1, 0.15) is 5.78 Å². The number of benzene rings is 1. The molecule has 76 valence electrons. The minimum Gasteiger partial charge on any atom is -0.300 e. The van der Waals surface area contributed by atoms with E-state index in [-0.39, 0.29) is 5.78 Å². The van der Waals surface area contributed by atoms with Gasteiger partial charge in [-0.15, -0.1) is 0 Å². The van der Waals surface area contributed by atoms with Crippen molar-refractivity contribution in [3.8, 4) is 0 Å². The van der Waals surface area contributed by atoms with Crippen LogP contribution in [0.15, 0.2) is 24.3 Å². The lowest BCUT2D eigenvalue weighted by Gasteiger charge is -2.09. The van der Waals surface area contributed by atoms with Gasteiger partial charge in [-0.1, -0.05) is 38.1 Å². The van der Waals surface area contributed by atoms with Gasteiger partial charge in [0, 0.05) is 6.42 Å². The van der Waals surface area contributed by atoms with E-state index in [0.717, 1.165) is 12.0 Å². The summed E-state index contributed by atoms with van der Waals surface area (Å²) in [4.78, 5) is 11.0. The molecule has 1 atom stereocenters. The second-order valence-electron chi connectivity index (χ2n) is 3.93. The standard InChI is InChI=1S/C13H18O/c1-4-10(2)13-7-5-6-12(9-13)8-11(3)14/h5-7,9-10H,4,8H2,1-3H3. The lowest BCUT2D eigenvalue weighted by atomic mass is 9.96.